The van der Waals surface area contributed by atoms with E-state index in [1.165, 1.54) is 103 Å². The van der Waals surface area contributed by atoms with Crippen molar-refractivity contribution in [3.8, 4) is 0 Å². The van der Waals surface area contributed by atoms with Crippen LogP contribution in [0.25, 0.3) is 0 Å². The molecule has 2 nitrogen and oxygen atoms in total. The van der Waals surface area contributed by atoms with Crippen molar-refractivity contribution in [3.63, 3.8) is 0 Å². The van der Waals surface area contributed by atoms with Gasteiger partial charge in [0.15, 0.2) is 0 Å². The molecule has 0 aliphatic heterocycles. The SMILES string of the molecule is CCCCCCC(CCCCCC)CC(=O)OCCCCCCCCC(C)(C)C. The summed E-state index contributed by atoms with van der Waals surface area (Å²) in [5.41, 5.74) is 0.470. The highest BCUT2D eigenvalue weighted by atomic mass is 16.5. The lowest BCUT2D eigenvalue weighted by atomic mass is 9.89. The molecule has 0 unspecified atom stereocenters. The van der Waals surface area contributed by atoms with Gasteiger partial charge in [-0.2, -0.15) is 0 Å². The summed E-state index contributed by atoms with van der Waals surface area (Å²) in [5, 5.41) is 0. The molecule has 0 aliphatic carbocycles. The van der Waals surface area contributed by atoms with Gasteiger partial charge in [0.1, 0.15) is 0 Å². The van der Waals surface area contributed by atoms with E-state index in [1.54, 1.807) is 0 Å². The Morgan fingerprint density at radius 2 is 1.17 bits per heavy atom. The zero-order valence-electron chi connectivity index (χ0n) is 20.8. The van der Waals surface area contributed by atoms with E-state index in [0.29, 0.717) is 24.4 Å². The fraction of sp³-hybridized carbons (Fsp3) is 0.963. The van der Waals surface area contributed by atoms with Crippen LogP contribution in [0.15, 0.2) is 0 Å². The Bertz CT molecular complexity index is 344. The van der Waals surface area contributed by atoms with Crippen LogP contribution in [0.2, 0.25) is 0 Å². The van der Waals surface area contributed by atoms with E-state index in [-0.39, 0.29) is 5.97 Å². The molecule has 0 fully saturated rings. The molecular formula is C27H54O2. The lowest BCUT2D eigenvalue weighted by Gasteiger charge is -2.17. The molecule has 0 radical (unpaired) electrons. The molecule has 0 spiro atoms. The molecule has 0 aromatic carbocycles. The van der Waals surface area contributed by atoms with E-state index in [0.717, 1.165) is 6.42 Å². The Morgan fingerprint density at radius 3 is 1.69 bits per heavy atom. The molecule has 0 heterocycles. The molecule has 174 valence electrons. The minimum atomic E-state index is 0.0474. The third-order valence-corrected chi connectivity index (χ3v) is 5.97. The average Bonchev–Trinajstić information content (AvgIpc) is 2.66. The number of carbonyl (C=O) groups excluding carboxylic acids is 1. The number of unbranched alkanes of at least 4 members (excludes halogenated alkanes) is 11. The number of esters is 1. The summed E-state index contributed by atoms with van der Waals surface area (Å²) in [6.07, 6.45) is 22.3. The standard InChI is InChI=1S/C27H54O2/c1-6-8-10-16-20-25(21-17-11-9-7-2)24-26(28)29-23-19-15-13-12-14-18-22-27(3,4)5/h25H,6-24H2,1-5H3. The second-order valence-corrected chi connectivity index (χ2v) is 10.4. The predicted octanol–water partition coefficient (Wildman–Crippen LogP) is 9.25. The highest BCUT2D eigenvalue weighted by Crippen LogP contribution is 2.23. The van der Waals surface area contributed by atoms with Gasteiger partial charge in [0.05, 0.1) is 6.61 Å². The van der Waals surface area contributed by atoms with E-state index in [2.05, 4.69) is 34.6 Å². The van der Waals surface area contributed by atoms with E-state index in [1.807, 2.05) is 0 Å². The normalized spacial score (nSPS) is 11.9. The van der Waals surface area contributed by atoms with Crippen LogP contribution in [0, 0.1) is 11.3 Å². The van der Waals surface area contributed by atoms with Crippen LogP contribution in [0.5, 0.6) is 0 Å². The first-order valence-electron chi connectivity index (χ1n) is 13.0. The number of hydrogen-bond donors (Lipinski definition) is 0. The molecule has 0 saturated carbocycles. The van der Waals surface area contributed by atoms with Crippen LogP contribution in [-0.2, 0) is 9.53 Å². The largest absolute Gasteiger partial charge is 0.466 e. The maximum absolute atomic E-state index is 12.3. The van der Waals surface area contributed by atoms with Crippen LogP contribution in [0.4, 0.5) is 0 Å². The third kappa shape index (κ3) is 22.0. The molecular weight excluding hydrogens is 356 g/mol. The number of rotatable bonds is 20. The first-order valence-corrected chi connectivity index (χ1v) is 13.0. The van der Waals surface area contributed by atoms with Gasteiger partial charge in [-0.15, -0.1) is 0 Å². The Labute approximate surface area is 184 Å². The summed E-state index contributed by atoms with van der Waals surface area (Å²) in [6.45, 7) is 12.1. The van der Waals surface area contributed by atoms with E-state index in [9.17, 15) is 4.79 Å². The first kappa shape index (κ1) is 28.5. The fourth-order valence-corrected chi connectivity index (χ4v) is 4.01. The molecule has 0 atom stereocenters. The molecule has 0 N–H and O–H groups in total. The molecule has 0 rings (SSSR count). The van der Waals surface area contributed by atoms with Crippen LogP contribution in [0.1, 0.15) is 150 Å². The summed E-state index contributed by atoms with van der Waals surface area (Å²) >= 11 is 0. The van der Waals surface area contributed by atoms with Crippen molar-refractivity contribution < 1.29 is 9.53 Å². The summed E-state index contributed by atoms with van der Waals surface area (Å²) in [5.74, 6) is 0.588. The van der Waals surface area contributed by atoms with Crippen LogP contribution < -0.4 is 0 Å². The van der Waals surface area contributed by atoms with Crippen molar-refractivity contribution in [2.75, 3.05) is 6.61 Å². The molecule has 0 aromatic heterocycles. The van der Waals surface area contributed by atoms with E-state index in [4.69, 9.17) is 4.74 Å². The Kier molecular flexibility index (Phi) is 19.1. The Balaban J connectivity index is 3.81. The fourth-order valence-electron chi connectivity index (χ4n) is 4.01. The van der Waals surface area contributed by atoms with Crippen molar-refractivity contribution in [1.82, 2.24) is 0 Å². The van der Waals surface area contributed by atoms with E-state index < -0.39 is 0 Å². The molecule has 0 saturated heterocycles. The molecule has 29 heavy (non-hydrogen) atoms. The summed E-state index contributed by atoms with van der Waals surface area (Å²) in [7, 11) is 0. The number of ether oxygens (including phenoxy) is 1. The second-order valence-electron chi connectivity index (χ2n) is 10.4. The molecule has 0 aliphatic rings. The lowest BCUT2D eigenvalue weighted by molar-refractivity contribution is -0.145. The molecule has 0 bridgehead atoms. The maximum atomic E-state index is 12.3. The molecule has 0 amide bonds. The highest BCUT2D eigenvalue weighted by Gasteiger charge is 2.15. The molecule has 2 heteroatoms. The zero-order valence-corrected chi connectivity index (χ0v) is 20.8. The van der Waals surface area contributed by atoms with Crippen LogP contribution in [-0.4, -0.2) is 12.6 Å². The summed E-state index contributed by atoms with van der Waals surface area (Å²) in [6, 6.07) is 0. The van der Waals surface area contributed by atoms with Crippen LogP contribution in [0.3, 0.4) is 0 Å². The summed E-state index contributed by atoms with van der Waals surface area (Å²) < 4.78 is 5.56. The van der Waals surface area contributed by atoms with Gasteiger partial charge >= 0.3 is 5.97 Å². The second kappa shape index (κ2) is 19.4. The quantitative estimate of drug-likeness (QED) is 0.148. The highest BCUT2D eigenvalue weighted by molar-refractivity contribution is 5.69. The van der Waals surface area contributed by atoms with Gasteiger partial charge < -0.3 is 4.74 Å². The van der Waals surface area contributed by atoms with Gasteiger partial charge in [-0.25, -0.2) is 0 Å². The van der Waals surface area contributed by atoms with Gasteiger partial charge in [0, 0.05) is 6.42 Å². The van der Waals surface area contributed by atoms with Gasteiger partial charge in [-0.05, 0) is 37.0 Å². The lowest BCUT2D eigenvalue weighted by Crippen LogP contribution is -2.13. The van der Waals surface area contributed by atoms with Crippen LogP contribution >= 0.6 is 0 Å². The number of hydrogen-bond acceptors (Lipinski definition) is 2. The Morgan fingerprint density at radius 1 is 0.690 bits per heavy atom. The van der Waals surface area contributed by atoms with Gasteiger partial charge in [0.25, 0.3) is 0 Å². The van der Waals surface area contributed by atoms with Crippen molar-refractivity contribution >= 4 is 5.97 Å². The number of carbonyl (C=O) groups is 1. The van der Waals surface area contributed by atoms with Gasteiger partial charge in [0.2, 0.25) is 0 Å². The van der Waals surface area contributed by atoms with Crippen molar-refractivity contribution in [1.29, 1.82) is 0 Å². The Hall–Kier alpha value is -0.530. The van der Waals surface area contributed by atoms with Crippen molar-refractivity contribution in [2.45, 2.75) is 150 Å². The monoisotopic (exact) mass is 410 g/mol. The topological polar surface area (TPSA) is 26.3 Å². The van der Waals surface area contributed by atoms with Crippen molar-refractivity contribution in [3.05, 3.63) is 0 Å². The zero-order chi connectivity index (χ0) is 21.8. The third-order valence-electron chi connectivity index (χ3n) is 5.97. The smallest absolute Gasteiger partial charge is 0.306 e. The minimum Gasteiger partial charge on any atom is -0.466 e. The average molecular weight is 411 g/mol. The van der Waals surface area contributed by atoms with Gasteiger partial charge in [-0.3, -0.25) is 4.79 Å². The van der Waals surface area contributed by atoms with Gasteiger partial charge in [-0.1, -0.05) is 118 Å². The summed E-state index contributed by atoms with van der Waals surface area (Å²) in [4.78, 5) is 12.3. The predicted molar refractivity (Wildman–Crippen MR) is 128 cm³/mol. The van der Waals surface area contributed by atoms with Crippen molar-refractivity contribution in [2.24, 2.45) is 11.3 Å². The van der Waals surface area contributed by atoms with E-state index >= 15 is 0 Å². The maximum Gasteiger partial charge on any atom is 0.306 e. The minimum absolute atomic E-state index is 0.0474. The first-order chi connectivity index (χ1) is 13.9. The molecule has 0 aromatic rings.